The number of nitrogens with one attached hydrogen (secondary N) is 1. The molecule has 4 aromatic rings. The highest BCUT2D eigenvalue weighted by molar-refractivity contribution is 7.98. The van der Waals surface area contributed by atoms with Gasteiger partial charge in [-0.1, -0.05) is 42.5 Å². The van der Waals surface area contributed by atoms with E-state index < -0.39 is 0 Å². The van der Waals surface area contributed by atoms with Crippen molar-refractivity contribution in [2.75, 3.05) is 26.5 Å². The summed E-state index contributed by atoms with van der Waals surface area (Å²) in [6.45, 7) is 6.97. The quantitative estimate of drug-likeness (QED) is 0.230. The van der Waals surface area contributed by atoms with Gasteiger partial charge in [0.25, 0.3) is 0 Å². The molecule has 0 aliphatic rings. The van der Waals surface area contributed by atoms with Gasteiger partial charge in [0.05, 0.1) is 13.2 Å². The molecule has 0 amide bonds. The lowest BCUT2D eigenvalue weighted by molar-refractivity contribution is 0.298. The molecular weight excluding hydrogens is 452 g/mol. The van der Waals surface area contributed by atoms with Crippen molar-refractivity contribution in [1.82, 2.24) is 9.88 Å². The van der Waals surface area contributed by atoms with Gasteiger partial charge in [0.2, 0.25) is 0 Å². The summed E-state index contributed by atoms with van der Waals surface area (Å²) < 4.78 is 14.5. The highest BCUT2D eigenvalue weighted by Gasteiger charge is 2.12. The van der Waals surface area contributed by atoms with E-state index in [0.717, 1.165) is 41.3 Å². The lowest BCUT2D eigenvalue weighted by atomic mass is 10.0. The largest absolute Gasteiger partial charge is 0.493 e. The minimum atomic E-state index is 0.604. The first-order valence-electron chi connectivity index (χ1n) is 12.1. The predicted octanol–water partition coefficient (Wildman–Crippen LogP) is 7.05. The second-order valence-electron chi connectivity index (χ2n) is 8.37. The fourth-order valence-electron chi connectivity index (χ4n) is 4.32. The van der Waals surface area contributed by atoms with E-state index in [1.807, 2.05) is 26.1 Å². The van der Waals surface area contributed by atoms with Gasteiger partial charge < -0.3 is 19.4 Å². The molecule has 4 nitrogen and oxygen atoms in total. The predicted molar refractivity (Wildman–Crippen MR) is 148 cm³/mol. The van der Waals surface area contributed by atoms with E-state index in [-0.39, 0.29) is 0 Å². The highest BCUT2D eigenvalue weighted by atomic mass is 32.2. The summed E-state index contributed by atoms with van der Waals surface area (Å²) in [4.78, 5) is 1.28. The maximum Gasteiger partial charge on any atom is 0.131 e. The number of hydrogen-bond acceptors (Lipinski definition) is 4. The van der Waals surface area contributed by atoms with Crippen molar-refractivity contribution in [2.45, 2.75) is 31.8 Å². The Kier molecular flexibility index (Phi) is 8.56. The molecule has 0 atom stereocenters. The third kappa shape index (κ3) is 5.92. The maximum absolute atomic E-state index is 6.13. The van der Waals surface area contributed by atoms with Crippen LogP contribution in [-0.2, 0) is 13.1 Å². The Hall–Kier alpha value is -3.15. The molecule has 182 valence electrons. The maximum atomic E-state index is 6.13. The molecule has 5 heteroatoms. The van der Waals surface area contributed by atoms with Gasteiger partial charge in [-0.2, -0.15) is 0 Å². The summed E-state index contributed by atoms with van der Waals surface area (Å²) in [5.41, 5.74) is 7.07. The van der Waals surface area contributed by atoms with Crippen molar-refractivity contribution in [3.05, 3.63) is 90.1 Å². The van der Waals surface area contributed by atoms with E-state index in [1.54, 1.807) is 11.8 Å². The summed E-state index contributed by atoms with van der Waals surface area (Å²) in [7, 11) is 1.95. The second kappa shape index (κ2) is 12.0. The minimum absolute atomic E-state index is 0.604. The number of para-hydroxylation sites is 1. The van der Waals surface area contributed by atoms with Crippen LogP contribution in [0.15, 0.2) is 83.8 Å². The smallest absolute Gasteiger partial charge is 0.131 e. The molecule has 0 saturated carbocycles. The van der Waals surface area contributed by atoms with Crippen LogP contribution in [0.2, 0.25) is 0 Å². The molecular formula is C30H34N2O2S. The average Bonchev–Trinajstić information content (AvgIpc) is 3.26. The molecule has 0 saturated heterocycles. The Balaban J connectivity index is 1.44. The number of hydrogen-bond donors (Lipinski definition) is 1. The third-order valence-electron chi connectivity index (χ3n) is 6.09. The average molecular weight is 487 g/mol. The first kappa shape index (κ1) is 25.0. The van der Waals surface area contributed by atoms with Crippen LogP contribution in [0.4, 0.5) is 0 Å². The molecule has 0 spiro atoms. The Morgan fingerprint density at radius 3 is 2.29 bits per heavy atom. The summed E-state index contributed by atoms with van der Waals surface area (Å²) in [6, 6.07) is 27.7. The first-order valence-corrected chi connectivity index (χ1v) is 13.3. The molecule has 0 aliphatic carbocycles. The number of benzene rings is 3. The summed E-state index contributed by atoms with van der Waals surface area (Å²) >= 11 is 1.76. The minimum Gasteiger partial charge on any atom is -0.493 e. The lowest BCUT2D eigenvalue weighted by Gasteiger charge is -2.16. The molecule has 1 aromatic heterocycles. The van der Waals surface area contributed by atoms with E-state index in [4.69, 9.17) is 9.47 Å². The molecule has 0 unspecified atom stereocenters. The number of thioether (sulfide) groups is 1. The monoisotopic (exact) mass is 486 g/mol. The Morgan fingerprint density at radius 1 is 0.857 bits per heavy atom. The number of ether oxygens (including phenoxy) is 2. The summed E-state index contributed by atoms with van der Waals surface area (Å²) in [5.74, 6) is 1.81. The zero-order chi connectivity index (χ0) is 24.6. The normalized spacial score (nSPS) is 11.0. The first-order chi connectivity index (χ1) is 17.1. The number of aromatic nitrogens is 1. The van der Waals surface area contributed by atoms with Crippen LogP contribution in [-0.4, -0.2) is 31.1 Å². The van der Waals surface area contributed by atoms with Crippen LogP contribution >= 0.6 is 11.8 Å². The highest BCUT2D eigenvalue weighted by Crippen LogP contribution is 2.34. The molecule has 35 heavy (non-hydrogen) atoms. The third-order valence-corrected chi connectivity index (χ3v) is 6.83. The van der Waals surface area contributed by atoms with Crippen molar-refractivity contribution in [1.29, 1.82) is 0 Å². The zero-order valence-corrected chi connectivity index (χ0v) is 21.8. The van der Waals surface area contributed by atoms with E-state index in [0.29, 0.717) is 13.2 Å². The topological polar surface area (TPSA) is 35.4 Å². The van der Waals surface area contributed by atoms with E-state index >= 15 is 0 Å². The van der Waals surface area contributed by atoms with Crippen molar-refractivity contribution >= 4 is 11.8 Å². The van der Waals surface area contributed by atoms with E-state index in [9.17, 15) is 0 Å². The van der Waals surface area contributed by atoms with Gasteiger partial charge >= 0.3 is 0 Å². The molecule has 4 rings (SSSR count). The van der Waals surface area contributed by atoms with Crippen molar-refractivity contribution in [2.24, 2.45) is 0 Å². The summed E-state index contributed by atoms with van der Waals surface area (Å²) in [6.07, 6.45) is 2.10. The molecule has 0 aliphatic heterocycles. The Labute approximate surface area is 213 Å². The van der Waals surface area contributed by atoms with Crippen LogP contribution in [0.5, 0.6) is 11.5 Å². The van der Waals surface area contributed by atoms with Crippen molar-refractivity contribution in [3.63, 3.8) is 0 Å². The van der Waals surface area contributed by atoms with Gasteiger partial charge in [-0.05, 0) is 74.7 Å². The van der Waals surface area contributed by atoms with Gasteiger partial charge in [-0.3, -0.25) is 0 Å². The lowest BCUT2D eigenvalue weighted by Crippen LogP contribution is -2.10. The SMILES string of the molecule is CCOc1c(CNC)cccc1-c1ccc(OCCn2c(C)ccc2-c2ccc(SC)cc2)cc1. The number of nitrogens with zero attached hydrogens (tertiary/aromatic N) is 1. The van der Waals surface area contributed by atoms with Gasteiger partial charge in [0.1, 0.15) is 18.1 Å². The fourth-order valence-corrected chi connectivity index (χ4v) is 4.73. The molecule has 0 radical (unpaired) electrons. The van der Waals surface area contributed by atoms with Crippen LogP contribution in [0.3, 0.4) is 0 Å². The molecule has 1 heterocycles. The second-order valence-corrected chi connectivity index (χ2v) is 9.25. The van der Waals surface area contributed by atoms with Gasteiger partial charge in [-0.15, -0.1) is 11.8 Å². The zero-order valence-electron chi connectivity index (χ0n) is 21.0. The van der Waals surface area contributed by atoms with Crippen molar-refractivity contribution in [3.8, 4) is 33.9 Å². The fraction of sp³-hybridized carbons (Fsp3) is 0.267. The summed E-state index contributed by atoms with van der Waals surface area (Å²) in [5, 5.41) is 3.23. The number of aryl methyl sites for hydroxylation is 1. The molecule has 0 fully saturated rings. The van der Waals surface area contributed by atoms with E-state index in [1.165, 1.54) is 21.8 Å². The van der Waals surface area contributed by atoms with Gasteiger partial charge in [0.15, 0.2) is 0 Å². The van der Waals surface area contributed by atoms with Crippen molar-refractivity contribution < 1.29 is 9.47 Å². The molecule has 3 aromatic carbocycles. The number of rotatable bonds is 11. The van der Waals surface area contributed by atoms with Crippen LogP contribution in [0.1, 0.15) is 18.2 Å². The van der Waals surface area contributed by atoms with Gasteiger partial charge in [0, 0.05) is 34.0 Å². The van der Waals surface area contributed by atoms with Crippen LogP contribution < -0.4 is 14.8 Å². The van der Waals surface area contributed by atoms with Crippen LogP contribution in [0, 0.1) is 6.92 Å². The van der Waals surface area contributed by atoms with E-state index in [2.05, 4.69) is 89.8 Å². The van der Waals surface area contributed by atoms with Crippen LogP contribution in [0.25, 0.3) is 22.4 Å². The molecule has 1 N–H and O–H groups in total. The Bertz CT molecular complexity index is 1230. The standard InChI is InChI=1S/C30H34N2O2S/c1-5-33-30-25(21-31-3)7-6-8-28(30)23-10-14-26(15-11-23)34-20-19-32-22(2)9-18-29(32)24-12-16-27(35-4)17-13-24/h6-18,31H,5,19-21H2,1-4H3. The van der Waals surface area contributed by atoms with Gasteiger partial charge in [-0.25, -0.2) is 0 Å². The Morgan fingerprint density at radius 2 is 1.60 bits per heavy atom. The molecule has 0 bridgehead atoms.